The first-order valence-electron chi connectivity index (χ1n) is 8.51. The third kappa shape index (κ3) is 3.19. The second-order valence-corrected chi connectivity index (χ2v) is 8.06. The molecule has 0 atom stereocenters. The largest absolute Gasteiger partial charge is 0.508 e. The molecule has 0 aliphatic carbocycles. The van der Waals surface area contributed by atoms with Crippen LogP contribution in [0.4, 0.5) is 0 Å². The van der Waals surface area contributed by atoms with E-state index in [2.05, 4.69) is 31.3 Å². The number of amidine groups is 1. The van der Waals surface area contributed by atoms with Crippen LogP contribution in [-0.2, 0) is 7.05 Å². The van der Waals surface area contributed by atoms with Gasteiger partial charge in [-0.15, -0.1) is 11.3 Å². The Labute approximate surface area is 167 Å². The zero-order valence-electron chi connectivity index (χ0n) is 15.6. The lowest BCUT2D eigenvalue weighted by atomic mass is 9.92. The van der Waals surface area contributed by atoms with Crippen molar-refractivity contribution in [2.75, 3.05) is 0 Å². The van der Waals surface area contributed by atoms with Crippen molar-refractivity contribution < 1.29 is 10.3 Å². The number of rotatable bonds is 4. The van der Waals surface area contributed by atoms with E-state index in [1.807, 2.05) is 12.1 Å². The van der Waals surface area contributed by atoms with Gasteiger partial charge in [0.1, 0.15) is 10.9 Å². The van der Waals surface area contributed by atoms with Gasteiger partial charge in [-0.2, -0.15) is 0 Å². The Bertz CT molecular complexity index is 1020. The standard InChI is InChI=1S/C20H22ClN3O2S/c1-10(2)18-14(11(3)9-27-18)16-15(12-5-7-13(25)8-6-12)19(21)24(4)17(16)20(22)23-26/h5-10,25-26H,1-4H3,(H2,22,23). The summed E-state index contributed by atoms with van der Waals surface area (Å²) in [5.41, 5.74) is 11.3. The monoisotopic (exact) mass is 403 g/mol. The van der Waals surface area contributed by atoms with Crippen molar-refractivity contribution in [3.05, 3.63) is 50.9 Å². The summed E-state index contributed by atoms with van der Waals surface area (Å²) in [5, 5.41) is 24.9. The molecule has 0 saturated carbocycles. The van der Waals surface area contributed by atoms with Gasteiger partial charge in [-0.3, -0.25) is 0 Å². The molecule has 0 amide bonds. The number of oxime groups is 1. The number of nitrogens with zero attached hydrogens (tertiary/aromatic N) is 2. The van der Waals surface area contributed by atoms with Crippen LogP contribution in [0.5, 0.6) is 5.75 Å². The van der Waals surface area contributed by atoms with Gasteiger partial charge in [0.05, 0.1) is 5.69 Å². The van der Waals surface area contributed by atoms with Crippen LogP contribution in [0.15, 0.2) is 34.8 Å². The molecular weight excluding hydrogens is 382 g/mol. The van der Waals surface area contributed by atoms with E-state index >= 15 is 0 Å². The number of nitrogens with two attached hydrogens (primary N) is 1. The number of aromatic hydroxyl groups is 1. The zero-order valence-corrected chi connectivity index (χ0v) is 17.2. The quantitative estimate of drug-likeness (QED) is 0.239. The van der Waals surface area contributed by atoms with E-state index < -0.39 is 0 Å². The first-order valence-corrected chi connectivity index (χ1v) is 9.77. The highest BCUT2D eigenvalue weighted by Crippen LogP contribution is 2.47. The summed E-state index contributed by atoms with van der Waals surface area (Å²) >= 11 is 8.40. The summed E-state index contributed by atoms with van der Waals surface area (Å²) in [7, 11) is 1.79. The minimum atomic E-state index is -0.000246. The molecule has 0 aliphatic heterocycles. The molecule has 0 spiro atoms. The summed E-state index contributed by atoms with van der Waals surface area (Å²) in [4.78, 5) is 1.21. The molecule has 142 valence electrons. The number of thiophene rings is 1. The van der Waals surface area contributed by atoms with Crippen LogP contribution in [0, 0.1) is 6.92 Å². The van der Waals surface area contributed by atoms with E-state index in [9.17, 15) is 10.3 Å². The van der Waals surface area contributed by atoms with Crippen LogP contribution < -0.4 is 5.73 Å². The molecule has 0 unspecified atom stereocenters. The fourth-order valence-corrected chi connectivity index (χ4v) is 4.71. The maximum absolute atomic E-state index is 9.66. The average Bonchev–Trinajstić information content (AvgIpc) is 3.13. The second-order valence-electron chi connectivity index (χ2n) is 6.79. The second kappa shape index (κ2) is 7.29. The minimum absolute atomic E-state index is 0.000246. The molecule has 0 saturated heterocycles. The SMILES string of the molecule is Cc1csc(C(C)C)c1-c1c(-c2ccc(O)cc2)c(Cl)n(C)c1C(N)=NO. The molecule has 3 rings (SSSR count). The van der Waals surface area contributed by atoms with E-state index in [0.717, 1.165) is 27.8 Å². The fourth-order valence-electron chi connectivity index (χ4n) is 3.35. The molecule has 4 N–H and O–H groups in total. The van der Waals surface area contributed by atoms with Crippen LogP contribution in [0.3, 0.4) is 0 Å². The lowest BCUT2D eigenvalue weighted by Gasteiger charge is -2.13. The maximum Gasteiger partial charge on any atom is 0.187 e. The number of aryl methyl sites for hydroxylation is 1. The molecule has 27 heavy (non-hydrogen) atoms. The number of hydrogen-bond donors (Lipinski definition) is 3. The molecule has 0 bridgehead atoms. The normalized spacial score (nSPS) is 12.1. The topological polar surface area (TPSA) is 83.8 Å². The summed E-state index contributed by atoms with van der Waals surface area (Å²) in [6, 6.07) is 6.87. The van der Waals surface area contributed by atoms with Crippen molar-refractivity contribution >= 4 is 28.8 Å². The van der Waals surface area contributed by atoms with E-state index in [4.69, 9.17) is 17.3 Å². The summed E-state index contributed by atoms with van der Waals surface area (Å²) in [5.74, 6) is 0.490. The van der Waals surface area contributed by atoms with Crippen molar-refractivity contribution in [1.82, 2.24) is 4.57 Å². The molecule has 7 heteroatoms. The van der Waals surface area contributed by atoms with Gasteiger partial charge in [0.15, 0.2) is 5.84 Å². The smallest absolute Gasteiger partial charge is 0.187 e. The van der Waals surface area contributed by atoms with Gasteiger partial charge in [-0.1, -0.05) is 42.7 Å². The number of aromatic nitrogens is 1. The highest BCUT2D eigenvalue weighted by atomic mass is 35.5. The van der Waals surface area contributed by atoms with Crippen LogP contribution in [0.2, 0.25) is 5.15 Å². The molecule has 2 aromatic heterocycles. The van der Waals surface area contributed by atoms with E-state index in [1.165, 1.54) is 4.88 Å². The number of phenols is 1. The van der Waals surface area contributed by atoms with Crippen LogP contribution in [0.25, 0.3) is 22.3 Å². The molecule has 3 aromatic rings. The first-order chi connectivity index (χ1) is 12.8. The predicted molar refractivity (Wildman–Crippen MR) is 112 cm³/mol. The fraction of sp³-hybridized carbons (Fsp3) is 0.250. The Morgan fingerprint density at radius 1 is 1.19 bits per heavy atom. The Kier molecular flexibility index (Phi) is 5.22. The lowest BCUT2D eigenvalue weighted by Crippen LogP contribution is -2.18. The Morgan fingerprint density at radius 2 is 1.81 bits per heavy atom. The molecule has 1 aromatic carbocycles. The van der Waals surface area contributed by atoms with Crippen LogP contribution >= 0.6 is 22.9 Å². The molecule has 0 aliphatic rings. The number of hydrogen-bond acceptors (Lipinski definition) is 4. The predicted octanol–water partition coefficient (Wildman–Crippen LogP) is 5.31. The molecule has 5 nitrogen and oxygen atoms in total. The van der Waals surface area contributed by atoms with Gasteiger partial charge in [0.25, 0.3) is 0 Å². The minimum Gasteiger partial charge on any atom is -0.508 e. The lowest BCUT2D eigenvalue weighted by molar-refractivity contribution is 0.318. The van der Waals surface area contributed by atoms with Crippen molar-refractivity contribution in [3.63, 3.8) is 0 Å². The van der Waals surface area contributed by atoms with Crippen LogP contribution in [-0.4, -0.2) is 20.7 Å². The summed E-state index contributed by atoms with van der Waals surface area (Å²) in [6.07, 6.45) is 0. The summed E-state index contributed by atoms with van der Waals surface area (Å²) in [6.45, 7) is 6.33. The van der Waals surface area contributed by atoms with Gasteiger partial charge in [0, 0.05) is 28.6 Å². The Hall–Kier alpha value is -2.44. The number of benzene rings is 1. The van der Waals surface area contributed by atoms with Gasteiger partial charge >= 0.3 is 0 Å². The number of phenolic OH excluding ortho intramolecular Hbond substituents is 1. The van der Waals surface area contributed by atoms with E-state index in [-0.39, 0.29) is 11.6 Å². The number of halogens is 1. The van der Waals surface area contributed by atoms with Gasteiger partial charge < -0.3 is 20.6 Å². The van der Waals surface area contributed by atoms with Gasteiger partial charge in [-0.25, -0.2) is 0 Å². The molecule has 2 heterocycles. The Balaban J connectivity index is 2.46. The first kappa shape index (κ1) is 19.3. The van der Waals surface area contributed by atoms with Gasteiger partial charge in [-0.05, 0) is 41.5 Å². The van der Waals surface area contributed by atoms with Crippen molar-refractivity contribution in [2.24, 2.45) is 17.9 Å². The third-order valence-corrected chi connectivity index (χ3v) is 6.45. The van der Waals surface area contributed by atoms with Crippen LogP contribution in [0.1, 0.15) is 35.9 Å². The average molecular weight is 404 g/mol. The third-order valence-electron chi connectivity index (χ3n) is 4.61. The van der Waals surface area contributed by atoms with E-state index in [0.29, 0.717) is 16.8 Å². The van der Waals surface area contributed by atoms with Crippen molar-refractivity contribution in [2.45, 2.75) is 26.7 Å². The molecular formula is C20H22ClN3O2S. The Morgan fingerprint density at radius 3 is 2.37 bits per heavy atom. The van der Waals surface area contributed by atoms with E-state index in [1.54, 1.807) is 35.1 Å². The summed E-state index contributed by atoms with van der Waals surface area (Å²) < 4.78 is 1.73. The molecule has 0 fully saturated rings. The van der Waals surface area contributed by atoms with Crippen molar-refractivity contribution in [1.29, 1.82) is 0 Å². The molecule has 0 radical (unpaired) electrons. The van der Waals surface area contributed by atoms with Crippen molar-refractivity contribution in [3.8, 4) is 28.0 Å². The highest BCUT2D eigenvalue weighted by molar-refractivity contribution is 7.10. The zero-order chi connectivity index (χ0) is 19.9. The highest BCUT2D eigenvalue weighted by Gasteiger charge is 2.28. The van der Waals surface area contributed by atoms with Gasteiger partial charge in [0.2, 0.25) is 0 Å². The maximum atomic E-state index is 9.66.